The molecule has 0 fully saturated rings. The molecule has 0 heterocycles. The molecule has 0 aliphatic carbocycles. The van der Waals surface area contributed by atoms with Crippen LogP contribution in [-0.4, -0.2) is 63.9 Å². The maximum absolute atomic E-state index is 13.0. The summed E-state index contributed by atoms with van der Waals surface area (Å²) in [6.45, 7) is 22.1. The second kappa shape index (κ2) is 33.4. The van der Waals surface area contributed by atoms with Crippen LogP contribution in [0.2, 0.25) is 0 Å². The molecule has 0 aliphatic rings. The van der Waals surface area contributed by atoms with Gasteiger partial charge >= 0.3 is 11.9 Å². The molecule has 0 rings (SSSR count). The van der Waals surface area contributed by atoms with Gasteiger partial charge in [0.1, 0.15) is 0 Å². The van der Waals surface area contributed by atoms with E-state index in [1.807, 2.05) is 0 Å². The smallest absolute Gasteiger partial charge is 0.308 e. The number of hydrogen-bond donors (Lipinski definition) is 0. The lowest BCUT2D eigenvalue weighted by atomic mass is 9.89. The van der Waals surface area contributed by atoms with Crippen molar-refractivity contribution >= 4 is 11.9 Å². The maximum Gasteiger partial charge on any atom is 0.308 e. The second-order valence-electron chi connectivity index (χ2n) is 17.7. The number of ether oxygens (including phenoxy) is 3. The van der Waals surface area contributed by atoms with Gasteiger partial charge in [0.15, 0.2) is 0 Å². The predicted octanol–water partition coefficient (Wildman–Crippen LogP) is 12.3. The number of nitrogens with zero attached hydrogens (tertiary/aromatic N) is 1. The first-order chi connectivity index (χ1) is 24.3. The van der Waals surface area contributed by atoms with Gasteiger partial charge in [-0.2, -0.15) is 0 Å². The molecule has 0 bridgehead atoms. The Morgan fingerprint density at radius 3 is 1.45 bits per heavy atom. The Morgan fingerprint density at radius 2 is 0.961 bits per heavy atom. The molecule has 3 atom stereocenters. The Hall–Kier alpha value is -1.14. The highest BCUT2D eigenvalue weighted by Gasteiger charge is 2.20. The lowest BCUT2D eigenvalue weighted by Gasteiger charge is -2.21. The molecule has 0 aliphatic heterocycles. The van der Waals surface area contributed by atoms with Crippen LogP contribution in [0.1, 0.15) is 190 Å². The topological polar surface area (TPSA) is 65.1 Å². The van der Waals surface area contributed by atoms with Crippen molar-refractivity contribution in [2.45, 2.75) is 190 Å². The number of carbonyl (C=O) groups excluding carboxylic acids is 2. The maximum atomic E-state index is 13.0. The summed E-state index contributed by atoms with van der Waals surface area (Å²) in [5.41, 5.74) is 0. The van der Waals surface area contributed by atoms with Crippen molar-refractivity contribution in [3.63, 3.8) is 0 Å². The highest BCUT2D eigenvalue weighted by Crippen LogP contribution is 2.23. The van der Waals surface area contributed by atoms with Gasteiger partial charge in [-0.3, -0.25) is 9.59 Å². The van der Waals surface area contributed by atoms with Gasteiger partial charge in [-0.05, 0) is 94.5 Å². The standard InChI is InChI=1S/C45H89NO5/c1-37(2)28-30-42(39(5)6)35-49-33-23-19-14-12-11-13-16-20-25-41(45(48)50-34-24-32-46(9)10)26-21-17-15-18-22-27-44(47)51-36-43(40(7)8)31-29-38(3)4/h37-43H,11-36H2,1-10H3. The minimum atomic E-state index is -0.0464. The van der Waals surface area contributed by atoms with Crippen molar-refractivity contribution in [2.75, 3.05) is 47.1 Å². The third-order valence-electron chi connectivity index (χ3n) is 10.8. The van der Waals surface area contributed by atoms with E-state index in [1.165, 1.54) is 64.2 Å². The zero-order valence-electron chi connectivity index (χ0n) is 35.9. The third kappa shape index (κ3) is 32.0. The highest BCUT2D eigenvalue weighted by molar-refractivity contribution is 5.72. The molecule has 0 N–H and O–H groups in total. The first-order valence-corrected chi connectivity index (χ1v) is 21.9. The van der Waals surface area contributed by atoms with Crippen LogP contribution in [0.25, 0.3) is 0 Å². The fraction of sp³-hybridized carbons (Fsp3) is 0.956. The van der Waals surface area contributed by atoms with E-state index >= 15 is 0 Å². The number of esters is 2. The van der Waals surface area contributed by atoms with Crippen LogP contribution in [-0.2, 0) is 23.8 Å². The summed E-state index contributed by atoms with van der Waals surface area (Å²) < 4.78 is 17.4. The van der Waals surface area contributed by atoms with Crippen molar-refractivity contribution in [1.82, 2.24) is 4.90 Å². The molecule has 6 nitrogen and oxygen atoms in total. The zero-order chi connectivity index (χ0) is 38.3. The van der Waals surface area contributed by atoms with Crippen molar-refractivity contribution in [1.29, 1.82) is 0 Å². The van der Waals surface area contributed by atoms with E-state index in [0.717, 1.165) is 89.9 Å². The monoisotopic (exact) mass is 724 g/mol. The quantitative estimate of drug-likeness (QED) is 0.0474. The van der Waals surface area contributed by atoms with Crippen LogP contribution < -0.4 is 0 Å². The van der Waals surface area contributed by atoms with Crippen molar-refractivity contribution < 1.29 is 23.8 Å². The van der Waals surface area contributed by atoms with E-state index in [9.17, 15) is 9.59 Å². The van der Waals surface area contributed by atoms with Gasteiger partial charge in [-0.1, -0.05) is 139 Å². The second-order valence-corrected chi connectivity index (χ2v) is 17.7. The molecule has 0 spiro atoms. The Labute approximate surface area is 318 Å². The van der Waals surface area contributed by atoms with Gasteiger partial charge in [-0.25, -0.2) is 0 Å². The molecule has 0 saturated carbocycles. The Bertz CT molecular complexity index is 795. The molecule has 0 aromatic heterocycles. The summed E-state index contributed by atoms with van der Waals surface area (Å²) in [7, 11) is 4.11. The van der Waals surface area contributed by atoms with Crippen molar-refractivity contribution in [3.05, 3.63) is 0 Å². The number of rotatable bonds is 36. The fourth-order valence-electron chi connectivity index (χ4n) is 6.72. The lowest BCUT2D eigenvalue weighted by Crippen LogP contribution is -2.21. The molecule has 6 heteroatoms. The summed E-state index contributed by atoms with van der Waals surface area (Å²) >= 11 is 0. The van der Waals surface area contributed by atoms with Crippen LogP contribution >= 0.6 is 0 Å². The highest BCUT2D eigenvalue weighted by atomic mass is 16.5. The summed E-state index contributed by atoms with van der Waals surface area (Å²) in [5.74, 6) is 3.82. The van der Waals surface area contributed by atoms with Crippen LogP contribution in [0.5, 0.6) is 0 Å². The van der Waals surface area contributed by atoms with Gasteiger partial charge in [0.2, 0.25) is 0 Å². The van der Waals surface area contributed by atoms with Crippen LogP contribution in [0.3, 0.4) is 0 Å². The van der Waals surface area contributed by atoms with E-state index in [2.05, 4.69) is 74.4 Å². The summed E-state index contributed by atoms with van der Waals surface area (Å²) in [5, 5.41) is 0. The summed E-state index contributed by atoms with van der Waals surface area (Å²) in [6.07, 6.45) is 23.2. The van der Waals surface area contributed by atoms with Crippen LogP contribution in [0.4, 0.5) is 0 Å². The molecule has 0 amide bonds. The van der Waals surface area contributed by atoms with Gasteiger partial charge in [0.05, 0.1) is 19.1 Å². The van der Waals surface area contributed by atoms with Gasteiger partial charge in [0.25, 0.3) is 0 Å². The van der Waals surface area contributed by atoms with E-state index in [4.69, 9.17) is 14.2 Å². The normalized spacial score (nSPS) is 13.9. The summed E-state index contributed by atoms with van der Waals surface area (Å²) in [6, 6.07) is 0. The van der Waals surface area contributed by atoms with E-state index < -0.39 is 0 Å². The van der Waals surface area contributed by atoms with Crippen molar-refractivity contribution in [3.8, 4) is 0 Å². The Kier molecular flexibility index (Phi) is 32.7. The zero-order valence-corrected chi connectivity index (χ0v) is 35.9. The molecule has 51 heavy (non-hydrogen) atoms. The Balaban J connectivity index is 4.23. The van der Waals surface area contributed by atoms with E-state index in [0.29, 0.717) is 49.2 Å². The molecular formula is C45H89NO5. The van der Waals surface area contributed by atoms with Crippen LogP contribution in [0, 0.1) is 41.4 Å². The SMILES string of the molecule is CC(C)CCC(COCCCCCCCCCCC(CCCCCCCC(=O)OCC(CCC(C)C)C(C)C)C(=O)OCCCN(C)C)C(C)C. The average Bonchev–Trinajstić information content (AvgIpc) is 3.06. The minimum absolute atomic E-state index is 0.00598. The summed E-state index contributed by atoms with van der Waals surface area (Å²) in [4.78, 5) is 27.5. The fourth-order valence-corrected chi connectivity index (χ4v) is 6.72. The van der Waals surface area contributed by atoms with Crippen LogP contribution in [0.15, 0.2) is 0 Å². The minimum Gasteiger partial charge on any atom is -0.465 e. The molecule has 304 valence electrons. The van der Waals surface area contributed by atoms with Gasteiger partial charge < -0.3 is 19.1 Å². The molecule has 0 saturated heterocycles. The van der Waals surface area contributed by atoms with Crippen molar-refractivity contribution in [2.24, 2.45) is 41.4 Å². The third-order valence-corrected chi connectivity index (χ3v) is 10.8. The van der Waals surface area contributed by atoms with E-state index in [1.54, 1.807) is 0 Å². The van der Waals surface area contributed by atoms with Gasteiger partial charge in [0, 0.05) is 26.2 Å². The largest absolute Gasteiger partial charge is 0.465 e. The lowest BCUT2D eigenvalue weighted by molar-refractivity contribution is -0.149. The number of unbranched alkanes of at least 4 members (excludes halogenated alkanes) is 11. The predicted molar refractivity (Wildman–Crippen MR) is 218 cm³/mol. The average molecular weight is 724 g/mol. The molecular weight excluding hydrogens is 634 g/mol. The Morgan fingerprint density at radius 1 is 0.490 bits per heavy atom. The molecule has 0 radical (unpaired) electrons. The first kappa shape index (κ1) is 49.9. The molecule has 3 unspecified atom stereocenters. The molecule has 0 aromatic carbocycles. The van der Waals surface area contributed by atoms with E-state index in [-0.39, 0.29) is 17.9 Å². The number of carbonyl (C=O) groups is 2. The molecule has 0 aromatic rings. The van der Waals surface area contributed by atoms with Gasteiger partial charge in [-0.15, -0.1) is 0 Å². The number of hydrogen-bond acceptors (Lipinski definition) is 6. The first-order valence-electron chi connectivity index (χ1n) is 21.9.